The normalized spacial score (nSPS) is 38.5. The van der Waals surface area contributed by atoms with Crippen LogP contribution in [0.5, 0.6) is 0 Å². The number of nitrogens with one attached hydrogen (secondary N) is 1. The van der Waals surface area contributed by atoms with E-state index in [1.807, 2.05) is 19.3 Å². The van der Waals surface area contributed by atoms with Crippen molar-refractivity contribution in [3.8, 4) is 0 Å². The summed E-state index contributed by atoms with van der Waals surface area (Å²) in [4.78, 5) is 11.5. The first kappa shape index (κ1) is 13.4. The summed E-state index contributed by atoms with van der Waals surface area (Å²) in [5.41, 5.74) is 1.65. The third-order valence-corrected chi connectivity index (χ3v) is 6.47. The highest BCUT2D eigenvalue weighted by atomic mass is 16.1. The van der Waals surface area contributed by atoms with Crippen molar-refractivity contribution in [3.63, 3.8) is 0 Å². The van der Waals surface area contributed by atoms with Crippen LogP contribution in [0.2, 0.25) is 0 Å². The summed E-state index contributed by atoms with van der Waals surface area (Å²) in [6.07, 6.45) is 10.7. The van der Waals surface area contributed by atoms with Gasteiger partial charge in [0.25, 0.3) is 0 Å². The lowest BCUT2D eigenvalue weighted by Gasteiger charge is -2.59. The van der Waals surface area contributed by atoms with Crippen LogP contribution in [-0.4, -0.2) is 10.6 Å². The Hall–Kier alpha value is -1.25. The van der Waals surface area contributed by atoms with Crippen molar-refractivity contribution < 1.29 is 0 Å². The predicted molar refractivity (Wildman–Crippen MR) is 85.4 cm³/mol. The second kappa shape index (κ2) is 4.62. The van der Waals surface area contributed by atoms with Gasteiger partial charge in [-0.15, -0.1) is 0 Å². The molecule has 0 amide bonds. The Morgan fingerprint density at radius 2 is 1.71 bits per heavy atom. The quantitative estimate of drug-likeness (QED) is 0.924. The van der Waals surface area contributed by atoms with Gasteiger partial charge in [-0.05, 0) is 74.7 Å². The molecule has 0 saturated heterocycles. The third-order valence-electron chi connectivity index (χ3n) is 6.47. The van der Waals surface area contributed by atoms with Crippen LogP contribution < -0.4 is 10.9 Å². The Morgan fingerprint density at radius 3 is 2.24 bits per heavy atom. The fraction of sp³-hybridized carbons (Fsp3) is 0.722. The van der Waals surface area contributed by atoms with Gasteiger partial charge in [-0.3, -0.25) is 4.79 Å². The molecule has 4 bridgehead atoms. The van der Waals surface area contributed by atoms with E-state index in [-0.39, 0.29) is 5.56 Å². The van der Waals surface area contributed by atoms with Gasteiger partial charge in [0.1, 0.15) is 0 Å². The molecule has 1 unspecified atom stereocenters. The van der Waals surface area contributed by atoms with Crippen molar-refractivity contribution in [3.05, 3.63) is 28.7 Å². The van der Waals surface area contributed by atoms with E-state index in [0.717, 1.165) is 23.4 Å². The second-order valence-corrected chi connectivity index (χ2v) is 8.01. The molecule has 1 N–H and O–H groups in total. The molecule has 21 heavy (non-hydrogen) atoms. The number of pyridine rings is 1. The molecule has 0 radical (unpaired) electrons. The first-order chi connectivity index (χ1) is 10.0. The monoisotopic (exact) mass is 286 g/mol. The van der Waals surface area contributed by atoms with Gasteiger partial charge in [-0.1, -0.05) is 0 Å². The van der Waals surface area contributed by atoms with Gasteiger partial charge < -0.3 is 9.88 Å². The number of nitrogens with zero attached hydrogens (tertiary/aromatic N) is 1. The molecule has 3 heteroatoms. The summed E-state index contributed by atoms with van der Waals surface area (Å²) in [5.74, 6) is 2.96. The Kier molecular flexibility index (Phi) is 2.95. The van der Waals surface area contributed by atoms with Crippen molar-refractivity contribution in [2.45, 2.75) is 51.5 Å². The van der Waals surface area contributed by atoms with E-state index in [1.165, 1.54) is 38.5 Å². The highest BCUT2D eigenvalue weighted by molar-refractivity contribution is 5.42. The van der Waals surface area contributed by atoms with Crippen molar-refractivity contribution in [2.24, 2.45) is 30.2 Å². The molecule has 4 aliphatic rings. The molecule has 4 fully saturated rings. The summed E-state index contributed by atoms with van der Waals surface area (Å²) < 4.78 is 1.66. The second-order valence-electron chi connectivity index (χ2n) is 8.01. The van der Waals surface area contributed by atoms with Crippen molar-refractivity contribution in [2.75, 3.05) is 5.32 Å². The lowest BCUT2D eigenvalue weighted by molar-refractivity contribution is -0.0602. The third kappa shape index (κ3) is 2.21. The van der Waals surface area contributed by atoms with Crippen LogP contribution in [0.3, 0.4) is 0 Å². The maximum atomic E-state index is 11.5. The molecule has 114 valence electrons. The fourth-order valence-corrected chi connectivity index (χ4v) is 5.79. The Balaban J connectivity index is 1.55. The average molecular weight is 286 g/mol. The smallest absolute Gasteiger partial charge is 0.250 e. The maximum absolute atomic E-state index is 11.5. The van der Waals surface area contributed by atoms with Gasteiger partial charge in [-0.2, -0.15) is 0 Å². The number of aromatic nitrogens is 1. The molecule has 0 spiro atoms. The fourth-order valence-electron chi connectivity index (χ4n) is 5.79. The predicted octanol–water partition coefficient (Wildman–Crippen LogP) is 3.40. The van der Waals surface area contributed by atoms with E-state index in [1.54, 1.807) is 10.6 Å². The molecular weight excluding hydrogens is 260 g/mol. The number of hydrogen-bond acceptors (Lipinski definition) is 2. The Labute approximate surface area is 126 Å². The van der Waals surface area contributed by atoms with Gasteiger partial charge >= 0.3 is 0 Å². The molecule has 3 nitrogen and oxygen atoms in total. The zero-order valence-corrected chi connectivity index (χ0v) is 13.1. The van der Waals surface area contributed by atoms with Crippen LogP contribution in [0.25, 0.3) is 0 Å². The van der Waals surface area contributed by atoms with Crippen molar-refractivity contribution in [1.29, 1.82) is 0 Å². The number of hydrogen-bond donors (Lipinski definition) is 1. The van der Waals surface area contributed by atoms with Crippen molar-refractivity contribution in [1.82, 2.24) is 4.57 Å². The van der Waals surface area contributed by atoms with E-state index in [4.69, 9.17) is 0 Å². The SMILES string of the molecule is CC(Nc1ccc(=O)n(C)c1)C12CC3CC(CC(C3)C1)C2. The molecular formula is C18H26N2O. The highest BCUT2D eigenvalue weighted by Crippen LogP contribution is 2.61. The van der Waals surface area contributed by atoms with Gasteiger partial charge in [-0.25, -0.2) is 0 Å². The molecule has 0 aromatic carbocycles. The van der Waals surface area contributed by atoms with E-state index in [9.17, 15) is 4.79 Å². The van der Waals surface area contributed by atoms with Crippen LogP contribution >= 0.6 is 0 Å². The minimum atomic E-state index is 0.0583. The Morgan fingerprint density at radius 1 is 1.14 bits per heavy atom. The summed E-state index contributed by atoms with van der Waals surface area (Å²) >= 11 is 0. The van der Waals surface area contributed by atoms with Crippen LogP contribution in [0.1, 0.15) is 45.4 Å². The van der Waals surface area contributed by atoms with Gasteiger partial charge in [0.2, 0.25) is 5.56 Å². The van der Waals surface area contributed by atoms with Crippen LogP contribution in [0, 0.1) is 23.2 Å². The van der Waals surface area contributed by atoms with Gasteiger partial charge in [0, 0.05) is 25.4 Å². The molecule has 0 aliphatic heterocycles. The largest absolute Gasteiger partial charge is 0.381 e. The molecule has 1 aromatic rings. The molecule has 4 aliphatic carbocycles. The minimum absolute atomic E-state index is 0.0583. The highest BCUT2D eigenvalue weighted by Gasteiger charge is 2.53. The zero-order chi connectivity index (χ0) is 14.6. The van der Waals surface area contributed by atoms with Crippen LogP contribution in [-0.2, 0) is 7.05 Å². The summed E-state index contributed by atoms with van der Waals surface area (Å²) in [6.45, 7) is 2.36. The average Bonchev–Trinajstić information content (AvgIpc) is 2.41. The van der Waals surface area contributed by atoms with E-state index in [2.05, 4.69) is 12.2 Å². The number of rotatable bonds is 3. The van der Waals surface area contributed by atoms with Gasteiger partial charge in [0.15, 0.2) is 0 Å². The lowest BCUT2D eigenvalue weighted by atomic mass is 9.48. The summed E-state index contributed by atoms with van der Waals surface area (Å²) in [5, 5.41) is 3.71. The number of aryl methyl sites for hydroxylation is 1. The van der Waals surface area contributed by atoms with E-state index >= 15 is 0 Å². The topological polar surface area (TPSA) is 34.0 Å². The zero-order valence-electron chi connectivity index (χ0n) is 13.1. The first-order valence-corrected chi connectivity index (χ1v) is 8.47. The molecule has 5 rings (SSSR count). The molecule has 1 heterocycles. The summed E-state index contributed by atoms with van der Waals surface area (Å²) in [7, 11) is 1.82. The summed E-state index contributed by atoms with van der Waals surface area (Å²) in [6, 6.07) is 4.09. The van der Waals surface area contributed by atoms with Crippen LogP contribution in [0.15, 0.2) is 23.1 Å². The minimum Gasteiger partial charge on any atom is -0.381 e. The lowest BCUT2D eigenvalue weighted by Crippen LogP contribution is -2.52. The van der Waals surface area contributed by atoms with E-state index < -0.39 is 0 Å². The first-order valence-electron chi connectivity index (χ1n) is 8.47. The molecule has 4 saturated carbocycles. The van der Waals surface area contributed by atoms with Crippen LogP contribution in [0.4, 0.5) is 5.69 Å². The Bertz CT molecular complexity index is 568. The van der Waals surface area contributed by atoms with Gasteiger partial charge in [0.05, 0.1) is 5.69 Å². The van der Waals surface area contributed by atoms with E-state index in [0.29, 0.717) is 11.5 Å². The molecule has 1 aromatic heterocycles. The van der Waals surface area contributed by atoms with Crippen molar-refractivity contribution >= 4 is 5.69 Å². The number of anilines is 1. The molecule has 1 atom stereocenters. The maximum Gasteiger partial charge on any atom is 0.250 e. The standard InChI is InChI=1S/C18H26N2O/c1-12(19-16-3-4-17(21)20(2)11-16)18-8-13-5-14(9-18)7-15(6-13)10-18/h3-4,11-15,19H,5-10H2,1-2H3.